The van der Waals surface area contributed by atoms with Gasteiger partial charge < -0.3 is 37.2 Å². The molecule has 0 aliphatic heterocycles. The summed E-state index contributed by atoms with van der Waals surface area (Å²) in [6, 6.07) is 62.2. The molecule has 6 aromatic carbocycles. The largest absolute Gasteiger partial charge is 2.00 e. The molecular weight excluding hydrogens is 920 g/mol. The van der Waals surface area contributed by atoms with Crippen LogP contribution in [-0.4, -0.2) is 66.9 Å². The summed E-state index contributed by atoms with van der Waals surface area (Å²) in [6.07, 6.45) is 0. The molecule has 6 aromatic rings. The number of hydrogen-bond acceptors (Lipinski definition) is 0. The standard InChI is InChI=1S/C13H13ClSi.2C7H8Cl2Si.C6H5Cl.C6H5.3ClH.2Mg/c1-15(14,12-8-4-2-5-9-12)13-10-6-3-7-11-13;2*1-10(8,9)7-5-3-2-4-6-7;7-6-4-2-1-3-5-6;1-2-4-6-5-3-1;;;;;/h2-11H,1H3;2*2-6H,1H3;1-5H;1-5H;3*1H;;/q;;;;-1;;;;2*+2/p-3. The molecule has 0 N–H and O–H groups in total. The van der Waals surface area contributed by atoms with E-state index in [9.17, 15) is 0 Å². The number of rotatable bonds is 4. The third-order valence-corrected chi connectivity index (χ3v) is 16.2. The van der Waals surface area contributed by atoms with Crippen molar-refractivity contribution < 1.29 is 37.2 Å². The second kappa shape index (κ2) is 33.1. The Morgan fingerprint density at radius 3 is 0.736 bits per heavy atom. The topological polar surface area (TPSA) is 0 Å². The van der Waals surface area contributed by atoms with Crippen LogP contribution in [0.1, 0.15) is 0 Å². The summed E-state index contributed by atoms with van der Waals surface area (Å²) in [7, 11) is -1.98. The Hall–Kier alpha value is 0.113. The molecule has 6 rings (SSSR count). The van der Waals surface area contributed by atoms with Crippen molar-refractivity contribution in [1.29, 1.82) is 0 Å². The first kappa shape index (κ1) is 59.8. The fraction of sp³-hybridized carbons (Fsp3) is 0.0769. The zero-order valence-electron chi connectivity index (χ0n) is 29.6. The van der Waals surface area contributed by atoms with Crippen LogP contribution in [0.15, 0.2) is 182 Å². The number of benzene rings is 6. The Morgan fingerprint density at radius 1 is 0.358 bits per heavy atom. The maximum Gasteiger partial charge on any atom is 2.00 e. The van der Waals surface area contributed by atoms with Gasteiger partial charge in [0.05, 0.1) is 0 Å². The molecule has 0 aliphatic rings. The van der Waals surface area contributed by atoms with Gasteiger partial charge in [-0.15, -0.1) is 44.3 Å². The Labute approximate surface area is 399 Å². The van der Waals surface area contributed by atoms with Crippen molar-refractivity contribution in [2.45, 2.75) is 19.6 Å². The van der Waals surface area contributed by atoms with Crippen LogP contribution in [0.4, 0.5) is 0 Å². The van der Waals surface area contributed by atoms with Crippen molar-refractivity contribution >= 4 is 155 Å². The maximum atomic E-state index is 6.73. The van der Waals surface area contributed by atoms with Gasteiger partial charge in [0.15, 0.2) is 0 Å². The molecule has 0 nitrogen and oxygen atoms in total. The Morgan fingerprint density at radius 2 is 0.585 bits per heavy atom. The fourth-order valence-electron chi connectivity index (χ4n) is 3.89. The van der Waals surface area contributed by atoms with E-state index >= 15 is 0 Å². The summed E-state index contributed by atoms with van der Waals surface area (Å²) >= 11 is 36.1. The molecule has 0 radical (unpaired) electrons. The Balaban J connectivity index is -0.000000286. The fourth-order valence-corrected chi connectivity index (χ4v) is 9.83. The Kier molecular flexibility index (Phi) is 37.4. The molecule has 0 aliphatic carbocycles. The van der Waals surface area contributed by atoms with Crippen LogP contribution >= 0.6 is 67.0 Å². The van der Waals surface area contributed by atoms with Gasteiger partial charge >= 0.3 is 46.1 Å². The van der Waals surface area contributed by atoms with E-state index < -0.39 is 20.8 Å². The van der Waals surface area contributed by atoms with Gasteiger partial charge in [0.25, 0.3) is 13.4 Å². The molecule has 0 heterocycles. The van der Waals surface area contributed by atoms with Crippen LogP contribution in [0.25, 0.3) is 0 Å². The third-order valence-electron chi connectivity index (χ3n) is 6.53. The molecule has 0 spiro atoms. The molecular formula is C39H39Cl9Mg2Si3. The van der Waals surface area contributed by atoms with E-state index in [2.05, 4.69) is 36.9 Å². The predicted octanol–water partition coefficient (Wildman–Crippen LogP) is 1.58. The summed E-state index contributed by atoms with van der Waals surface area (Å²) < 4.78 is 0. The first-order valence-corrected chi connectivity index (χ1v) is 28.0. The van der Waals surface area contributed by atoms with Gasteiger partial charge in [-0.1, -0.05) is 151 Å². The van der Waals surface area contributed by atoms with E-state index in [1.165, 1.54) is 10.4 Å². The van der Waals surface area contributed by atoms with Gasteiger partial charge in [0.2, 0.25) is 7.38 Å². The normalized spacial score (nSPS) is 9.60. The molecule has 274 valence electrons. The number of hydrogen-bond donors (Lipinski definition) is 0. The van der Waals surface area contributed by atoms with Crippen LogP contribution < -0.4 is 58.0 Å². The first-order valence-electron chi connectivity index (χ1n) is 15.1. The molecule has 0 amide bonds. The van der Waals surface area contributed by atoms with Gasteiger partial charge in [0.1, 0.15) is 0 Å². The van der Waals surface area contributed by atoms with Gasteiger partial charge in [-0.25, -0.2) is 0 Å². The van der Waals surface area contributed by atoms with Crippen molar-refractivity contribution in [3.63, 3.8) is 0 Å². The van der Waals surface area contributed by atoms with E-state index in [1.54, 1.807) is 0 Å². The molecule has 0 saturated heterocycles. The molecule has 0 aromatic heterocycles. The molecule has 0 fully saturated rings. The minimum absolute atomic E-state index is 0. The minimum Gasteiger partial charge on any atom is -1.00 e. The van der Waals surface area contributed by atoms with Gasteiger partial charge in [-0.3, -0.25) is 0 Å². The van der Waals surface area contributed by atoms with E-state index in [4.69, 9.17) is 67.0 Å². The van der Waals surface area contributed by atoms with E-state index in [-0.39, 0.29) is 83.3 Å². The maximum absolute atomic E-state index is 6.73. The average Bonchev–Trinajstić information content (AvgIpc) is 3.11. The van der Waals surface area contributed by atoms with Crippen molar-refractivity contribution in [3.05, 3.63) is 193 Å². The van der Waals surface area contributed by atoms with Crippen LogP contribution in [0.5, 0.6) is 0 Å². The van der Waals surface area contributed by atoms with Crippen LogP contribution in [-0.2, 0) is 0 Å². The van der Waals surface area contributed by atoms with E-state index in [1.807, 2.05) is 171 Å². The van der Waals surface area contributed by atoms with Crippen LogP contribution in [0, 0.1) is 6.07 Å². The first-order chi connectivity index (χ1) is 22.8. The monoisotopic (exact) mass is 954 g/mol. The van der Waals surface area contributed by atoms with Crippen molar-refractivity contribution in [2.24, 2.45) is 0 Å². The van der Waals surface area contributed by atoms with Crippen molar-refractivity contribution in [3.8, 4) is 0 Å². The van der Waals surface area contributed by atoms with Gasteiger partial charge in [-0.05, 0) is 52.5 Å². The molecule has 0 atom stereocenters. The van der Waals surface area contributed by atoms with Crippen LogP contribution in [0.3, 0.4) is 0 Å². The summed E-state index contributed by atoms with van der Waals surface area (Å²) in [6.45, 7) is 1.78. The summed E-state index contributed by atoms with van der Waals surface area (Å²) in [5.41, 5.74) is 0. The molecule has 0 saturated carbocycles. The summed E-state index contributed by atoms with van der Waals surface area (Å²) in [5.74, 6) is 0. The average molecular weight is 960 g/mol. The minimum atomic E-state index is -2.09. The molecule has 53 heavy (non-hydrogen) atoms. The van der Waals surface area contributed by atoms with Gasteiger partial charge in [-0.2, -0.15) is 47.5 Å². The number of halogens is 9. The quantitative estimate of drug-likeness (QED) is 0.143. The summed E-state index contributed by atoms with van der Waals surface area (Å²) in [4.78, 5) is 0. The van der Waals surface area contributed by atoms with Crippen LogP contribution in [0.2, 0.25) is 24.7 Å². The second-order valence-corrected chi connectivity index (χ2v) is 31.4. The van der Waals surface area contributed by atoms with E-state index in [0.29, 0.717) is 0 Å². The summed E-state index contributed by atoms with van der Waals surface area (Å²) in [5, 5.41) is 5.45. The molecule has 0 unspecified atom stereocenters. The SMILES string of the molecule is C[Si](Cl)(Cl)c1ccccc1.C[Si](Cl)(Cl)c1ccccc1.C[Si](Cl)(c1ccccc1)c1ccccc1.Clc1ccccc1.[Cl-].[Cl-].[Cl-].[Mg+2].[Mg+2].[c-]1ccccc1. The van der Waals surface area contributed by atoms with Crippen molar-refractivity contribution in [1.82, 2.24) is 0 Å². The zero-order chi connectivity index (χ0) is 35.3. The smallest absolute Gasteiger partial charge is 1.00 e. The second-order valence-electron chi connectivity index (χ2n) is 10.6. The van der Waals surface area contributed by atoms with Crippen molar-refractivity contribution in [2.75, 3.05) is 0 Å². The Bertz CT molecular complexity index is 1540. The van der Waals surface area contributed by atoms with E-state index in [0.717, 1.165) is 15.4 Å². The van der Waals surface area contributed by atoms with Gasteiger partial charge in [0, 0.05) is 5.02 Å². The predicted molar refractivity (Wildman–Crippen MR) is 237 cm³/mol. The third kappa shape index (κ3) is 26.6. The zero-order valence-corrected chi connectivity index (χ0v) is 42.3. The molecule has 0 bridgehead atoms. The molecule has 14 heteroatoms.